The SMILES string of the molecule is CC(C(C)(C)C)C(C)(C)c1ccc(C(C)(C)C)cc1O. The molecule has 1 N–H and O–H groups in total. The van der Waals surface area contributed by atoms with Crippen LogP contribution in [0.4, 0.5) is 0 Å². The van der Waals surface area contributed by atoms with Crippen LogP contribution in [0.25, 0.3) is 0 Å². The molecule has 1 heteroatoms. The van der Waals surface area contributed by atoms with Crippen LogP contribution in [0, 0.1) is 11.3 Å². The first-order valence-electron chi connectivity index (χ1n) is 7.62. The van der Waals surface area contributed by atoms with E-state index in [1.807, 2.05) is 6.07 Å². The Morgan fingerprint density at radius 2 is 1.40 bits per heavy atom. The number of hydrogen-bond acceptors (Lipinski definition) is 1. The van der Waals surface area contributed by atoms with Gasteiger partial charge in [-0.25, -0.2) is 0 Å². The number of phenolic OH excluding ortho intramolecular Hbond substituents is 1. The molecular weight excluding hydrogens is 244 g/mol. The summed E-state index contributed by atoms with van der Waals surface area (Å²) in [5.41, 5.74) is 2.44. The highest BCUT2D eigenvalue weighted by atomic mass is 16.3. The van der Waals surface area contributed by atoms with Crippen molar-refractivity contribution in [3.63, 3.8) is 0 Å². The molecule has 0 heterocycles. The third-order valence-corrected chi connectivity index (χ3v) is 4.94. The average molecular weight is 276 g/mol. The summed E-state index contributed by atoms with van der Waals surface area (Å²) in [5, 5.41) is 10.5. The molecule has 1 atom stereocenters. The molecule has 1 nitrogen and oxygen atoms in total. The van der Waals surface area contributed by atoms with E-state index in [2.05, 4.69) is 74.4 Å². The van der Waals surface area contributed by atoms with Crippen molar-refractivity contribution in [3.8, 4) is 5.75 Å². The average Bonchev–Trinajstić information content (AvgIpc) is 2.24. The maximum absolute atomic E-state index is 10.5. The summed E-state index contributed by atoms with van der Waals surface area (Å²) in [5.74, 6) is 0.889. The molecule has 1 aromatic carbocycles. The molecule has 0 fully saturated rings. The van der Waals surface area contributed by atoms with Gasteiger partial charge in [0.2, 0.25) is 0 Å². The summed E-state index contributed by atoms with van der Waals surface area (Å²) in [4.78, 5) is 0. The topological polar surface area (TPSA) is 20.2 Å². The van der Waals surface area contributed by atoms with Crippen molar-refractivity contribution in [3.05, 3.63) is 29.3 Å². The van der Waals surface area contributed by atoms with E-state index in [0.717, 1.165) is 5.56 Å². The van der Waals surface area contributed by atoms with Gasteiger partial charge in [0.25, 0.3) is 0 Å². The normalized spacial score (nSPS) is 15.2. The third kappa shape index (κ3) is 3.37. The van der Waals surface area contributed by atoms with Crippen LogP contribution in [-0.4, -0.2) is 5.11 Å². The molecule has 0 aromatic heterocycles. The Kier molecular flexibility index (Phi) is 4.35. The van der Waals surface area contributed by atoms with Gasteiger partial charge in [-0.1, -0.05) is 74.4 Å². The van der Waals surface area contributed by atoms with Crippen molar-refractivity contribution in [1.29, 1.82) is 0 Å². The van der Waals surface area contributed by atoms with E-state index in [9.17, 15) is 5.11 Å². The second-order valence-corrected chi connectivity index (χ2v) is 8.79. The fraction of sp³-hybridized carbons (Fsp3) is 0.684. The number of aromatic hydroxyl groups is 1. The molecule has 0 amide bonds. The Balaban J connectivity index is 3.27. The van der Waals surface area contributed by atoms with E-state index < -0.39 is 0 Å². The molecule has 0 radical (unpaired) electrons. The van der Waals surface area contributed by atoms with Crippen LogP contribution in [0.2, 0.25) is 0 Å². The summed E-state index contributed by atoms with van der Waals surface area (Å²) >= 11 is 0. The van der Waals surface area contributed by atoms with Crippen molar-refractivity contribution in [2.75, 3.05) is 0 Å². The zero-order chi connectivity index (χ0) is 15.9. The minimum Gasteiger partial charge on any atom is -0.508 e. The van der Waals surface area contributed by atoms with Crippen LogP contribution in [0.5, 0.6) is 5.75 Å². The van der Waals surface area contributed by atoms with Gasteiger partial charge in [0.05, 0.1) is 0 Å². The Labute approximate surface area is 125 Å². The first kappa shape index (κ1) is 17.1. The first-order chi connectivity index (χ1) is 8.78. The van der Waals surface area contributed by atoms with Gasteiger partial charge in [-0.3, -0.25) is 0 Å². The standard InChI is InChI=1S/C19H32O/c1-13(17(2,3)4)19(8,9)15-11-10-14(12-16(15)20)18(5,6)7/h10-13,20H,1-9H3. The molecule has 0 saturated carbocycles. The molecule has 0 bridgehead atoms. The first-order valence-corrected chi connectivity index (χ1v) is 7.62. The predicted molar refractivity (Wildman–Crippen MR) is 88.5 cm³/mol. The van der Waals surface area contributed by atoms with Gasteiger partial charge in [-0.15, -0.1) is 0 Å². The van der Waals surface area contributed by atoms with Crippen molar-refractivity contribution < 1.29 is 5.11 Å². The molecule has 0 spiro atoms. The molecule has 0 aliphatic heterocycles. The lowest BCUT2D eigenvalue weighted by Crippen LogP contribution is -2.35. The van der Waals surface area contributed by atoms with E-state index >= 15 is 0 Å². The molecule has 114 valence electrons. The quantitative estimate of drug-likeness (QED) is 0.740. The van der Waals surface area contributed by atoms with Crippen LogP contribution < -0.4 is 0 Å². The fourth-order valence-electron chi connectivity index (χ4n) is 2.86. The zero-order valence-corrected chi connectivity index (χ0v) is 14.8. The number of phenols is 1. The van der Waals surface area contributed by atoms with Crippen LogP contribution in [0.3, 0.4) is 0 Å². The summed E-state index contributed by atoms with van der Waals surface area (Å²) in [6, 6.07) is 6.21. The Hall–Kier alpha value is -0.980. The van der Waals surface area contributed by atoms with Crippen molar-refractivity contribution >= 4 is 0 Å². The highest BCUT2D eigenvalue weighted by Gasteiger charge is 2.37. The van der Waals surface area contributed by atoms with E-state index in [-0.39, 0.29) is 16.2 Å². The second kappa shape index (κ2) is 5.09. The van der Waals surface area contributed by atoms with E-state index in [4.69, 9.17) is 0 Å². The predicted octanol–water partition coefficient (Wildman–Crippen LogP) is 5.65. The van der Waals surface area contributed by atoms with Gasteiger partial charge in [-0.05, 0) is 39.4 Å². The van der Waals surface area contributed by atoms with Gasteiger partial charge in [0.1, 0.15) is 5.75 Å². The van der Waals surface area contributed by atoms with Crippen molar-refractivity contribution in [2.24, 2.45) is 11.3 Å². The maximum atomic E-state index is 10.5. The summed E-state index contributed by atoms with van der Waals surface area (Å²) in [6.07, 6.45) is 0. The molecule has 0 aliphatic rings. The van der Waals surface area contributed by atoms with Crippen LogP contribution in [-0.2, 0) is 10.8 Å². The molecule has 20 heavy (non-hydrogen) atoms. The summed E-state index contributed by atoms with van der Waals surface area (Å²) < 4.78 is 0. The van der Waals surface area contributed by atoms with Crippen LogP contribution >= 0.6 is 0 Å². The summed E-state index contributed by atoms with van der Waals surface area (Å²) in [6.45, 7) is 20.0. The lowest BCUT2D eigenvalue weighted by Gasteiger charge is -2.41. The molecule has 1 rings (SSSR count). The monoisotopic (exact) mass is 276 g/mol. The zero-order valence-electron chi connectivity index (χ0n) is 14.8. The molecule has 0 aliphatic carbocycles. The molecule has 1 aromatic rings. The molecule has 0 saturated heterocycles. The van der Waals surface area contributed by atoms with E-state index in [1.54, 1.807) is 0 Å². The van der Waals surface area contributed by atoms with Crippen LogP contribution in [0.15, 0.2) is 18.2 Å². The van der Waals surface area contributed by atoms with E-state index in [1.165, 1.54) is 5.56 Å². The van der Waals surface area contributed by atoms with Gasteiger partial charge < -0.3 is 5.11 Å². The van der Waals surface area contributed by atoms with Gasteiger partial charge >= 0.3 is 0 Å². The lowest BCUT2D eigenvalue weighted by atomic mass is 9.63. The highest BCUT2D eigenvalue weighted by molar-refractivity contribution is 5.43. The molecular formula is C19H32O. The summed E-state index contributed by atoms with van der Waals surface area (Å²) in [7, 11) is 0. The number of rotatable bonds is 2. The Morgan fingerprint density at radius 3 is 1.75 bits per heavy atom. The van der Waals surface area contributed by atoms with Gasteiger partial charge in [-0.2, -0.15) is 0 Å². The smallest absolute Gasteiger partial charge is 0.119 e. The van der Waals surface area contributed by atoms with Crippen molar-refractivity contribution in [1.82, 2.24) is 0 Å². The van der Waals surface area contributed by atoms with E-state index in [0.29, 0.717) is 11.7 Å². The van der Waals surface area contributed by atoms with Gasteiger partial charge in [0.15, 0.2) is 0 Å². The minimum absolute atomic E-state index is 0.0568. The Morgan fingerprint density at radius 1 is 0.900 bits per heavy atom. The van der Waals surface area contributed by atoms with Crippen molar-refractivity contribution in [2.45, 2.75) is 73.1 Å². The minimum atomic E-state index is -0.0568. The third-order valence-electron chi connectivity index (χ3n) is 4.94. The maximum Gasteiger partial charge on any atom is 0.119 e. The number of hydrogen-bond donors (Lipinski definition) is 1. The van der Waals surface area contributed by atoms with Crippen LogP contribution in [0.1, 0.15) is 73.4 Å². The lowest BCUT2D eigenvalue weighted by molar-refractivity contribution is 0.163. The van der Waals surface area contributed by atoms with Gasteiger partial charge in [0, 0.05) is 0 Å². The highest BCUT2D eigenvalue weighted by Crippen LogP contribution is 2.45. The second-order valence-electron chi connectivity index (χ2n) is 8.79. The fourth-order valence-corrected chi connectivity index (χ4v) is 2.86. The Bertz CT molecular complexity index is 470. The molecule has 1 unspecified atom stereocenters. The largest absolute Gasteiger partial charge is 0.508 e. The number of benzene rings is 1.